The van der Waals surface area contributed by atoms with Crippen LogP contribution in [0.2, 0.25) is 0 Å². The fourth-order valence-corrected chi connectivity index (χ4v) is 1.66. The average Bonchev–Trinajstić information content (AvgIpc) is 2.26. The first-order valence-electron chi connectivity index (χ1n) is 5.45. The quantitative estimate of drug-likeness (QED) is 0.839. The van der Waals surface area contributed by atoms with E-state index in [-0.39, 0.29) is 5.92 Å². The molecule has 86 valence electrons. The maximum absolute atomic E-state index is 8.82. The molecule has 1 aromatic heterocycles. The Balaban J connectivity index is 2.91. The number of nitrogen functional groups attached to an aromatic ring is 1. The molecule has 0 bridgehead atoms. The zero-order valence-electron chi connectivity index (χ0n) is 10.1. The topological polar surface area (TPSA) is 65.9 Å². The van der Waals surface area contributed by atoms with E-state index in [9.17, 15) is 0 Å². The molecule has 0 fully saturated rings. The van der Waals surface area contributed by atoms with Gasteiger partial charge < -0.3 is 10.6 Å². The van der Waals surface area contributed by atoms with E-state index in [2.05, 4.69) is 22.9 Å². The van der Waals surface area contributed by atoms with Gasteiger partial charge in [-0.25, -0.2) is 4.98 Å². The van der Waals surface area contributed by atoms with Crippen molar-refractivity contribution in [2.45, 2.75) is 20.8 Å². The lowest BCUT2D eigenvalue weighted by molar-refractivity contribution is 0.678. The third kappa shape index (κ3) is 2.86. The van der Waals surface area contributed by atoms with Crippen LogP contribution in [0, 0.1) is 24.2 Å². The van der Waals surface area contributed by atoms with Gasteiger partial charge in [0.25, 0.3) is 0 Å². The smallest absolute Gasteiger partial charge is 0.131 e. The van der Waals surface area contributed by atoms with Crippen LogP contribution in [-0.2, 0) is 0 Å². The number of nitrogens with zero attached hydrogens (tertiary/aromatic N) is 3. The first kappa shape index (κ1) is 12.3. The highest BCUT2D eigenvalue weighted by Crippen LogP contribution is 2.19. The Morgan fingerprint density at radius 1 is 1.62 bits per heavy atom. The summed E-state index contributed by atoms with van der Waals surface area (Å²) < 4.78 is 0. The van der Waals surface area contributed by atoms with E-state index in [1.54, 1.807) is 6.20 Å². The summed E-state index contributed by atoms with van der Waals surface area (Å²) in [6.45, 7) is 7.49. The zero-order valence-corrected chi connectivity index (χ0v) is 10.1. The van der Waals surface area contributed by atoms with Gasteiger partial charge in [-0.3, -0.25) is 0 Å². The van der Waals surface area contributed by atoms with Gasteiger partial charge in [0, 0.05) is 13.1 Å². The van der Waals surface area contributed by atoms with Crippen LogP contribution in [0.5, 0.6) is 0 Å². The van der Waals surface area contributed by atoms with E-state index in [1.165, 1.54) is 0 Å². The van der Waals surface area contributed by atoms with Crippen molar-refractivity contribution >= 4 is 11.5 Å². The van der Waals surface area contributed by atoms with Gasteiger partial charge in [0.15, 0.2) is 0 Å². The maximum atomic E-state index is 8.82. The molecule has 0 saturated carbocycles. The SMILES string of the molecule is CCN(CC(C)C#N)c1ncc(N)cc1C. The van der Waals surface area contributed by atoms with Crippen molar-refractivity contribution in [2.24, 2.45) is 5.92 Å². The molecule has 1 unspecified atom stereocenters. The van der Waals surface area contributed by atoms with Crippen molar-refractivity contribution in [2.75, 3.05) is 23.7 Å². The molecular formula is C12H18N4. The number of aromatic nitrogens is 1. The predicted molar refractivity (Wildman–Crippen MR) is 66.1 cm³/mol. The van der Waals surface area contributed by atoms with Crippen LogP contribution >= 0.6 is 0 Å². The second-order valence-corrected chi connectivity index (χ2v) is 3.98. The molecule has 0 aliphatic carbocycles. The van der Waals surface area contributed by atoms with Crippen LogP contribution in [0.1, 0.15) is 19.4 Å². The molecule has 4 nitrogen and oxygen atoms in total. The molecule has 0 aromatic carbocycles. The molecule has 0 aliphatic rings. The van der Waals surface area contributed by atoms with Gasteiger partial charge >= 0.3 is 0 Å². The molecule has 0 amide bonds. The summed E-state index contributed by atoms with van der Waals surface area (Å²) in [6.07, 6.45) is 1.65. The fraction of sp³-hybridized carbons (Fsp3) is 0.500. The molecule has 1 atom stereocenters. The van der Waals surface area contributed by atoms with Crippen molar-refractivity contribution < 1.29 is 0 Å². The standard InChI is InChI=1S/C12H18N4/c1-4-16(8-9(2)6-13)12-10(3)5-11(14)7-15-12/h5,7,9H,4,8,14H2,1-3H3. The number of rotatable bonds is 4. The lowest BCUT2D eigenvalue weighted by Gasteiger charge is -2.24. The van der Waals surface area contributed by atoms with Crippen molar-refractivity contribution in [3.63, 3.8) is 0 Å². The number of nitrogens with two attached hydrogens (primary N) is 1. The average molecular weight is 218 g/mol. The van der Waals surface area contributed by atoms with Crippen LogP contribution in [-0.4, -0.2) is 18.1 Å². The van der Waals surface area contributed by atoms with Gasteiger partial charge in [0.1, 0.15) is 5.82 Å². The van der Waals surface area contributed by atoms with E-state index in [0.29, 0.717) is 12.2 Å². The highest BCUT2D eigenvalue weighted by Gasteiger charge is 2.12. The first-order valence-corrected chi connectivity index (χ1v) is 5.45. The molecule has 2 N–H and O–H groups in total. The van der Waals surface area contributed by atoms with Crippen LogP contribution < -0.4 is 10.6 Å². The zero-order chi connectivity index (χ0) is 12.1. The normalized spacial score (nSPS) is 11.9. The Labute approximate surface area is 96.7 Å². The minimum atomic E-state index is -0.00120. The third-order valence-corrected chi connectivity index (χ3v) is 2.47. The molecule has 0 aliphatic heterocycles. The Hall–Kier alpha value is -1.76. The molecule has 1 rings (SSSR count). The lowest BCUT2D eigenvalue weighted by Crippen LogP contribution is -2.29. The summed E-state index contributed by atoms with van der Waals surface area (Å²) in [5.41, 5.74) is 7.38. The van der Waals surface area contributed by atoms with Crippen molar-refractivity contribution in [1.29, 1.82) is 5.26 Å². The minimum Gasteiger partial charge on any atom is -0.397 e. The number of nitriles is 1. The number of hydrogen-bond acceptors (Lipinski definition) is 4. The second kappa shape index (κ2) is 5.36. The minimum absolute atomic E-state index is 0.00120. The Kier molecular flexibility index (Phi) is 4.12. The van der Waals surface area contributed by atoms with Gasteiger partial charge in [-0.15, -0.1) is 0 Å². The summed E-state index contributed by atoms with van der Waals surface area (Å²) in [5, 5.41) is 8.82. The number of aryl methyl sites for hydroxylation is 1. The van der Waals surface area contributed by atoms with Crippen molar-refractivity contribution in [1.82, 2.24) is 4.98 Å². The third-order valence-electron chi connectivity index (χ3n) is 2.47. The molecule has 0 saturated heterocycles. The summed E-state index contributed by atoms with van der Waals surface area (Å²) in [6, 6.07) is 4.14. The van der Waals surface area contributed by atoms with Crippen LogP contribution in [0.4, 0.5) is 11.5 Å². The molecule has 4 heteroatoms. The highest BCUT2D eigenvalue weighted by atomic mass is 15.2. The van der Waals surface area contributed by atoms with Crippen LogP contribution in [0.15, 0.2) is 12.3 Å². The fourth-order valence-electron chi connectivity index (χ4n) is 1.66. The largest absolute Gasteiger partial charge is 0.397 e. The molecule has 16 heavy (non-hydrogen) atoms. The first-order chi connectivity index (χ1) is 7.58. The summed E-state index contributed by atoms with van der Waals surface area (Å²) >= 11 is 0. The molecule has 1 aromatic rings. The van der Waals surface area contributed by atoms with Crippen molar-refractivity contribution in [3.8, 4) is 6.07 Å². The Morgan fingerprint density at radius 2 is 2.31 bits per heavy atom. The van der Waals surface area contributed by atoms with E-state index in [0.717, 1.165) is 17.9 Å². The van der Waals surface area contributed by atoms with E-state index in [4.69, 9.17) is 11.0 Å². The van der Waals surface area contributed by atoms with Gasteiger partial charge in [-0.1, -0.05) is 0 Å². The molecule has 1 heterocycles. The van der Waals surface area contributed by atoms with Crippen LogP contribution in [0.3, 0.4) is 0 Å². The summed E-state index contributed by atoms with van der Waals surface area (Å²) in [7, 11) is 0. The van der Waals surface area contributed by atoms with E-state index >= 15 is 0 Å². The van der Waals surface area contributed by atoms with Crippen molar-refractivity contribution in [3.05, 3.63) is 17.8 Å². The number of anilines is 2. The lowest BCUT2D eigenvalue weighted by atomic mass is 10.1. The predicted octanol–water partition coefficient (Wildman–Crippen LogP) is 1.96. The molecule has 0 radical (unpaired) electrons. The van der Waals surface area contributed by atoms with Gasteiger partial charge in [0.05, 0.1) is 23.9 Å². The highest BCUT2D eigenvalue weighted by molar-refractivity contribution is 5.52. The Bertz CT molecular complexity index is 394. The molecule has 0 spiro atoms. The Morgan fingerprint density at radius 3 is 2.81 bits per heavy atom. The van der Waals surface area contributed by atoms with Gasteiger partial charge in [0.2, 0.25) is 0 Å². The summed E-state index contributed by atoms with van der Waals surface area (Å²) in [5.74, 6) is 0.914. The second-order valence-electron chi connectivity index (χ2n) is 3.98. The van der Waals surface area contributed by atoms with E-state index < -0.39 is 0 Å². The maximum Gasteiger partial charge on any atom is 0.131 e. The van der Waals surface area contributed by atoms with Gasteiger partial charge in [-0.2, -0.15) is 5.26 Å². The number of pyridine rings is 1. The van der Waals surface area contributed by atoms with Gasteiger partial charge in [-0.05, 0) is 32.4 Å². The summed E-state index contributed by atoms with van der Waals surface area (Å²) in [4.78, 5) is 6.43. The molecular weight excluding hydrogens is 200 g/mol. The van der Waals surface area contributed by atoms with E-state index in [1.807, 2.05) is 19.9 Å². The van der Waals surface area contributed by atoms with Crippen LogP contribution in [0.25, 0.3) is 0 Å². The number of hydrogen-bond donors (Lipinski definition) is 1. The monoisotopic (exact) mass is 218 g/mol.